The van der Waals surface area contributed by atoms with Crippen molar-refractivity contribution in [2.45, 2.75) is 106 Å². The predicted molar refractivity (Wildman–Crippen MR) is 175 cm³/mol. The van der Waals surface area contributed by atoms with Crippen molar-refractivity contribution in [1.29, 1.82) is 0 Å². The molecule has 0 spiro atoms. The van der Waals surface area contributed by atoms with Crippen LogP contribution < -0.4 is 9.47 Å². The van der Waals surface area contributed by atoms with Crippen LogP contribution in [0, 0.1) is 38.5 Å². The van der Waals surface area contributed by atoms with Gasteiger partial charge in [-0.1, -0.05) is 68.0 Å². The van der Waals surface area contributed by atoms with Crippen molar-refractivity contribution in [2.75, 3.05) is 7.11 Å². The van der Waals surface area contributed by atoms with E-state index in [9.17, 15) is 9.59 Å². The van der Waals surface area contributed by atoms with Gasteiger partial charge in [-0.25, -0.2) is 0 Å². The van der Waals surface area contributed by atoms with E-state index in [1.165, 1.54) is 12.7 Å². The number of ketones is 1. The Labute approximate surface area is 259 Å². The molecule has 5 nitrogen and oxygen atoms in total. The maximum Gasteiger partial charge on any atom is 0.316 e. The highest BCUT2D eigenvalue weighted by molar-refractivity contribution is 6.00. The third-order valence-electron chi connectivity index (χ3n) is 8.86. The summed E-state index contributed by atoms with van der Waals surface area (Å²) in [6.45, 7) is 17.1. The lowest BCUT2D eigenvalue weighted by Gasteiger charge is -2.38. The summed E-state index contributed by atoms with van der Waals surface area (Å²) in [5.74, 6) is 0.527. The molecule has 2 aromatic carbocycles. The van der Waals surface area contributed by atoms with E-state index >= 15 is 0 Å². The highest BCUT2D eigenvalue weighted by Crippen LogP contribution is 2.45. The number of benzene rings is 2. The Morgan fingerprint density at radius 1 is 1.05 bits per heavy atom. The first-order valence-corrected chi connectivity index (χ1v) is 15.8. The zero-order valence-corrected chi connectivity index (χ0v) is 27.8. The highest BCUT2D eigenvalue weighted by Gasteiger charge is 2.41. The SMILES string of the molecule is COC(=O)C(C(=O)CC1(C)CCc2c(C)c(OCc3ccccc3)c(C)c(C)c2O1)C(C)C=CC[C@H](C)CCC=C(C)C. The summed E-state index contributed by atoms with van der Waals surface area (Å²) in [6.07, 6.45) is 11.1. The number of methoxy groups -OCH3 is 1. The first-order valence-electron chi connectivity index (χ1n) is 15.8. The lowest BCUT2D eigenvalue weighted by Crippen LogP contribution is -2.42. The van der Waals surface area contributed by atoms with Gasteiger partial charge in [0.05, 0.1) is 7.11 Å². The summed E-state index contributed by atoms with van der Waals surface area (Å²) in [6, 6.07) is 10.2. The zero-order chi connectivity index (χ0) is 31.7. The van der Waals surface area contributed by atoms with Gasteiger partial charge in [-0.05, 0) is 108 Å². The molecular weight excluding hydrogens is 536 g/mol. The fourth-order valence-electron chi connectivity index (χ4n) is 6.01. The van der Waals surface area contributed by atoms with Crippen molar-refractivity contribution >= 4 is 11.8 Å². The van der Waals surface area contributed by atoms with E-state index in [0.717, 1.165) is 65.0 Å². The molecule has 5 heteroatoms. The van der Waals surface area contributed by atoms with Crippen LogP contribution in [0.3, 0.4) is 0 Å². The van der Waals surface area contributed by atoms with E-state index in [1.54, 1.807) is 0 Å². The molecule has 0 aliphatic carbocycles. The molecule has 43 heavy (non-hydrogen) atoms. The molecule has 4 atom stereocenters. The summed E-state index contributed by atoms with van der Waals surface area (Å²) >= 11 is 0. The monoisotopic (exact) mass is 588 g/mol. The highest BCUT2D eigenvalue weighted by atomic mass is 16.5. The number of allylic oxidation sites excluding steroid dienone is 4. The van der Waals surface area contributed by atoms with E-state index in [2.05, 4.69) is 65.8 Å². The Morgan fingerprint density at radius 3 is 2.40 bits per heavy atom. The predicted octanol–water partition coefficient (Wildman–Crippen LogP) is 8.99. The fraction of sp³-hybridized carbons (Fsp3) is 0.526. The van der Waals surface area contributed by atoms with Crippen LogP contribution in [0.15, 0.2) is 54.1 Å². The fourth-order valence-corrected chi connectivity index (χ4v) is 6.01. The normalized spacial score (nSPS) is 18.3. The summed E-state index contributed by atoms with van der Waals surface area (Å²) in [5, 5.41) is 0. The van der Waals surface area contributed by atoms with E-state index < -0.39 is 17.5 Å². The average molecular weight is 589 g/mol. The van der Waals surface area contributed by atoms with Crippen molar-refractivity contribution in [3.05, 3.63) is 82.0 Å². The number of rotatable bonds is 14. The summed E-state index contributed by atoms with van der Waals surface area (Å²) in [5.41, 5.74) is 6.05. The summed E-state index contributed by atoms with van der Waals surface area (Å²) in [7, 11) is 1.35. The van der Waals surface area contributed by atoms with Crippen LogP contribution in [0.2, 0.25) is 0 Å². The van der Waals surface area contributed by atoms with Gasteiger partial charge in [0.2, 0.25) is 0 Å². The third kappa shape index (κ3) is 9.08. The lowest BCUT2D eigenvalue weighted by molar-refractivity contribution is -0.151. The molecule has 1 aliphatic rings. The molecule has 0 saturated heterocycles. The molecule has 1 aliphatic heterocycles. The van der Waals surface area contributed by atoms with Crippen LogP contribution in [-0.2, 0) is 27.4 Å². The van der Waals surface area contributed by atoms with Gasteiger partial charge in [-0.2, -0.15) is 0 Å². The van der Waals surface area contributed by atoms with Crippen LogP contribution in [-0.4, -0.2) is 24.5 Å². The molecule has 0 N–H and O–H groups in total. The Morgan fingerprint density at radius 2 is 1.74 bits per heavy atom. The van der Waals surface area contributed by atoms with Crippen molar-refractivity contribution in [2.24, 2.45) is 17.8 Å². The van der Waals surface area contributed by atoms with E-state index in [4.69, 9.17) is 14.2 Å². The summed E-state index contributed by atoms with van der Waals surface area (Å²) < 4.78 is 18.1. The zero-order valence-electron chi connectivity index (χ0n) is 27.8. The minimum atomic E-state index is -0.859. The number of hydrogen-bond acceptors (Lipinski definition) is 5. The third-order valence-corrected chi connectivity index (χ3v) is 8.86. The topological polar surface area (TPSA) is 61.8 Å². The smallest absolute Gasteiger partial charge is 0.316 e. The van der Waals surface area contributed by atoms with Crippen molar-refractivity contribution in [3.63, 3.8) is 0 Å². The molecule has 0 amide bonds. The number of Topliss-reactive ketones (excluding diaryl/α,β-unsaturated/α-hetero) is 1. The quantitative estimate of drug-likeness (QED) is 0.125. The molecule has 0 radical (unpaired) electrons. The van der Waals surface area contributed by atoms with Crippen LogP contribution in [0.5, 0.6) is 11.5 Å². The number of hydrogen-bond donors (Lipinski definition) is 0. The Balaban J connectivity index is 1.72. The molecule has 0 bridgehead atoms. The number of esters is 1. The molecule has 0 saturated carbocycles. The van der Waals surface area contributed by atoms with Crippen LogP contribution in [0.4, 0.5) is 0 Å². The van der Waals surface area contributed by atoms with Gasteiger partial charge in [-0.3, -0.25) is 9.59 Å². The van der Waals surface area contributed by atoms with Gasteiger partial charge in [0.15, 0.2) is 5.78 Å². The molecule has 1 heterocycles. The van der Waals surface area contributed by atoms with Crippen LogP contribution in [0.25, 0.3) is 0 Å². The second-order valence-corrected chi connectivity index (χ2v) is 13.0. The molecule has 0 aromatic heterocycles. The van der Waals surface area contributed by atoms with Gasteiger partial charge < -0.3 is 14.2 Å². The molecule has 234 valence electrons. The Hall–Kier alpha value is -3.34. The van der Waals surface area contributed by atoms with Gasteiger partial charge in [0, 0.05) is 12.0 Å². The van der Waals surface area contributed by atoms with Crippen molar-refractivity contribution in [1.82, 2.24) is 0 Å². The number of fused-ring (bicyclic) bond motifs is 1. The maximum atomic E-state index is 13.7. The summed E-state index contributed by atoms with van der Waals surface area (Å²) in [4.78, 5) is 26.6. The molecule has 3 rings (SSSR count). The molecule has 3 unspecified atom stereocenters. The maximum absolute atomic E-state index is 13.7. The molecular formula is C38H52O5. The number of carbonyl (C=O) groups excluding carboxylic acids is 2. The first-order chi connectivity index (χ1) is 20.4. The molecule has 0 fully saturated rings. The number of ether oxygens (including phenoxy) is 3. The van der Waals surface area contributed by atoms with E-state index in [-0.39, 0.29) is 18.1 Å². The van der Waals surface area contributed by atoms with Gasteiger partial charge in [-0.15, -0.1) is 0 Å². The van der Waals surface area contributed by atoms with Gasteiger partial charge >= 0.3 is 5.97 Å². The minimum absolute atomic E-state index is 0.138. The van der Waals surface area contributed by atoms with Crippen molar-refractivity contribution in [3.8, 4) is 11.5 Å². The second-order valence-electron chi connectivity index (χ2n) is 13.0. The largest absolute Gasteiger partial charge is 0.488 e. The average Bonchev–Trinajstić information content (AvgIpc) is 2.96. The number of carbonyl (C=O) groups is 2. The van der Waals surface area contributed by atoms with Gasteiger partial charge in [0.25, 0.3) is 0 Å². The van der Waals surface area contributed by atoms with Crippen LogP contribution in [0.1, 0.15) is 94.5 Å². The van der Waals surface area contributed by atoms with Crippen LogP contribution >= 0.6 is 0 Å². The van der Waals surface area contributed by atoms with E-state index in [1.807, 2.05) is 38.1 Å². The lowest BCUT2D eigenvalue weighted by atomic mass is 9.80. The Bertz CT molecular complexity index is 1320. The molecule has 2 aromatic rings. The second kappa shape index (κ2) is 15.4. The Kier molecular flexibility index (Phi) is 12.2. The van der Waals surface area contributed by atoms with Gasteiger partial charge in [0.1, 0.15) is 29.6 Å². The van der Waals surface area contributed by atoms with Crippen molar-refractivity contribution < 1.29 is 23.8 Å². The first kappa shape index (κ1) is 34.2. The minimum Gasteiger partial charge on any atom is -0.488 e. The van der Waals surface area contributed by atoms with E-state index in [0.29, 0.717) is 18.9 Å². The standard InChI is InChI=1S/C38H52O5/c1-25(2)15-13-16-26(3)17-14-18-27(4)34(37(40)41-9)33(39)23-38(8)22-21-32-30(7)35(28(5)29(6)36(32)43-38)42-24-31-19-11-10-12-20-31/h10-12,14-15,18-20,26-27,34H,13,16-17,21-24H2,1-9H3/t26-,27?,34?,38?/m1/s1.